The Labute approximate surface area is 118 Å². The Kier molecular flexibility index (Phi) is 3.67. The first-order valence-electron chi connectivity index (χ1n) is 5.91. The second-order valence-electron chi connectivity index (χ2n) is 4.46. The topological polar surface area (TPSA) is 84.8 Å². The van der Waals surface area contributed by atoms with Crippen molar-refractivity contribution in [2.45, 2.75) is 20.4 Å². The third-order valence-corrected chi connectivity index (χ3v) is 3.10. The molecular formula is C13H10F2N4O2. The van der Waals surface area contributed by atoms with Crippen LogP contribution in [0.5, 0.6) is 0 Å². The minimum atomic E-state index is -0.887. The van der Waals surface area contributed by atoms with Crippen LogP contribution in [0.1, 0.15) is 22.5 Å². The molecular weight excluding hydrogens is 282 g/mol. The number of hydrogen-bond donors (Lipinski definition) is 0. The second-order valence-corrected chi connectivity index (χ2v) is 4.46. The number of nitriles is 1. The molecule has 108 valence electrons. The minimum Gasteiger partial charge on any atom is -0.258 e. The maximum atomic E-state index is 13.8. The van der Waals surface area contributed by atoms with Crippen LogP contribution in [0.15, 0.2) is 12.1 Å². The average molecular weight is 292 g/mol. The van der Waals surface area contributed by atoms with Gasteiger partial charge in [-0.25, -0.2) is 8.78 Å². The van der Waals surface area contributed by atoms with Crippen molar-refractivity contribution >= 4 is 5.69 Å². The fourth-order valence-electron chi connectivity index (χ4n) is 2.07. The van der Waals surface area contributed by atoms with Crippen LogP contribution in [0.25, 0.3) is 0 Å². The summed E-state index contributed by atoms with van der Waals surface area (Å²) in [6.45, 7) is 2.62. The van der Waals surface area contributed by atoms with Crippen LogP contribution in [-0.4, -0.2) is 14.7 Å². The molecule has 2 rings (SSSR count). The van der Waals surface area contributed by atoms with Gasteiger partial charge in [-0.05, 0) is 26.0 Å². The Hall–Kier alpha value is -2.82. The lowest BCUT2D eigenvalue weighted by atomic mass is 10.1. The van der Waals surface area contributed by atoms with Gasteiger partial charge in [0.05, 0.1) is 23.1 Å². The Morgan fingerprint density at radius 3 is 2.38 bits per heavy atom. The molecule has 2 aromatic rings. The van der Waals surface area contributed by atoms with E-state index in [-0.39, 0.29) is 34.7 Å². The van der Waals surface area contributed by atoms with E-state index >= 15 is 0 Å². The van der Waals surface area contributed by atoms with Gasteiger partial charge in [0.15, 0.2) is 0 Å². The van der Waals surface area contributed by atoms with Crippen molar-refractivity contribution in [2.24, 2.45) is 0 Å². The number of rotatable bonds is 3. The van der Waals surface area contributed by atoms with Gasteiger partial charge >= 0.3 is 5.69 Å². The molecule has 0 aliphatic carbocycles. The van der Waals surface area contributed by atoms with Gasteiger partial charge < -0.3 is 0 Å². The van der Waals surface area contributed by atoms with Gasteiger partial charge in [-0.15, -0.1) is 0 Å². The molecule has 0 radical (unpaired) electrons. The fraction of sp³-hybridized carbons (Fsp3) is 0.231. The van der Waals surface area contributed by atoms with E-state index in [2.05, 4.69) is 5.10 Å². The number of aromatic nitrogens is 2. The molecule has 1 aromatic carbocycles. The summed E-state index contributed by atoms with van der Waals surface area (Å²) in [6, 6.07) is 3.48. The molecule has 0 atom stereocenters. The maximum absolute atomic E-state index is 13.8. The SMILES string of the molecule is Cc1nn(Cc2c(F)cc(C#N)cc2F)c(C)c1[N+](=O)[O-]. The van der Waals surface area contributed by atoms with Crippen molar-refractivity contribution in [1.82, 2.24) is 9.78 Å². The van der Waals surface area contributed by atoms with Gasteiger partial charge in [-0.2, -0.15) is 10.4 Å². The van der Waals surface area contributed by atoms with Crippen LogP contribution < -0.4 is 0 Å². The molecule has 0 amide bonds. The summed E-state index contributed by atoms with van der Waals surface area (Å²) < 4.78 is 28.8. The lowest BCUT2D eigenvalue weighted by molar-refractivity contribution is -0.386. The lowest BCUT2D eigenvalue weighted by Gasteiger charge is -2.07. The molecule has 0 unspecified atom stereocenters. The van der Waals surface area contributed by atoms with Crippen molar-refractivity contribution in [1.29, 1.82) is 5.26 Å². The number of nitro groups is 1. The maximum Gasteiger partial charge on any atom is 0.312 e. The summed E-state index contributed by atoms with van der Waals surface area (Å²) in [5, 5.41) is 23.5. The smallest absolute Gasteiger partial charge is 0.258 e. The van der Waals surface area contributed by atoms with Crippen LogP contribution in [0.2, 0.25) is 0 Å². The van der Waals surface area contributed by atoms with Gasteiger partial charge in [0.25, 0.3) is 0 Å². The third kappa shape index (κ3) is 2.58. The monoisotopic (exact) mass is 292 g/mol. The molecule has 21 heavy (non-hydrogen) atoms. The van der Waals surface area contributed by atoms with E-state index in [9.17, 15) is 18.9 Å². The van der Waals surface area contributed by atoms with Crippen molar-refractivity contribution in [3.05, 3.63) is 56.4 Å². The van der Waals surface area contributed by atoms with Crippen LogP contribution in [-0.2, 0) is 6.54 Å². The van der Waals surface area contributed by atoms with E-state index in [1.165, 1.54) is 18.5 Å². The van der Waals surface area contributed by atoms with E-state index in [1.54, 1.807) is 6.07 Å². The number of nitrogens with zero attached hydrogens (tertiary/aromatic N) is 4. The summed E-state index contributed by atoms with van der Waals surface area (Å²) in [6.07, 6.45) is 0. The molecule has 0 N–H and O–H groups in total. The zero-order valence-corrected chi connectivity index (χ0v) is 11.2. The average Bonchev–Trinajstić information content (AvgIpc) is 2.68. The molecule has 0 fully saturated rings. The Morgan fingerprint density at radius 2 is 1.95 bits per heavy atom. The molecule has 1 heterocycles. The van der Waals surface area contributed by atoms with Gasteiger partial charge in [-0.3, -0.25) is 14.8 Å². The fourth-order valence-corrected chi connectivity index (χ4v) is 2.07. The molecule has 8 heteroatoms. The quantitative estimate of drug-likeness (QED) is 0.643. The largest absolute Gasteiger partial charge is 0.312 e. The summed E-state index contributed by atoms with van der Waals surface area (Å²) in [4.78, 5) is 10.3. The molecule has 0 bridgehead atoms. The summed E-state index contributed by atoms with van der Waals surface area (Å²) in [5.74, 6) is -1.77. The van der Waals surface area contributed by atoms with Crippen molar-refractivity contribution in [3.8, 4) is 6.07 Å². The zero-order chi connectivity index (χ0) is 15.7. The lowest BCUT2D eigenvalue weighted by Crippen LogP contribution is -2.08. The summed E-state index contributed by atoms with van der Waals surface area (Å²) >= 11 is 0. The predicted octanol–water partition coefficient (Wildman–Crippen LogP) is 2.61. The van der Waals surface area contributed by atoms with E-state index in [0.717, 1.165) is 12.1 Å². The first-order valence-corrected chi connectivity index (χ1v) is 5.91. The Bertz CT molecular complexity index is 754. The molecule has 0 spiro atoms. The van der Waals surface area contributed by atoms with Crippen LogP contribution in [0, 0.1) is 46.9 Å². The standard InChI is InChI=1S/C13H10F2N4O2/c1-7-13(19(20)21)8(2)18(17-7)6-10-11(14)3-9(5-16)4-12(10)15/h3-4H,6H2,1-2H3. The number of aryl methyl sites for hydroxylation is 1. The van der Waals surface area contributed by atoms with E-state index in [4.69, 9.17) is 5.26 Å². The van der Waals surface area contributed by atoms with Crippen molar-refractivity contribution in [2.75, 3.05) is 0 Å². The van der Waals surface area contributed by atoms with E-state index in [1.807, 2.05) is 0 Å². The molecule has 0 saturated heterocycles. The highest BCUT2D eigenvalue weighted by atomic mass is 19.1. The van der Waals surface area contributed by atoms with Gasteiger partial charge in [-0.1, -0.05) is 0 Å². The van der Waals surface area contributed by atoms with Crippen LogP contribution in [0.3, 0.4) is 0 Å². The molecule has 0 aliphatic heterocycles. The Balaban J connectivity index is 2.47. The van der Waals surface area contributed by atoms with Gasteiger partial charge in [0.1, 0.15) is 23.0 Å². The first-order chi connectivity index (χ1) is 9.85. The van der Waals surface area contributed by atoms with Crippen molar-refractivity contribution in [3.63, 3.8) is 0 Å². The van der Waals surface area contributed by atoms with Crippen LogP contribution in [0.4, 0.5) is 14.5 Å². The minimum absolute atomic E-state index is 0.131. The number of halogens is 2. The summed E-state index contributed by atoms with van der Waals surface area (Å²) in [7, 11) is 0. The zero-order valence-electron chi connectivity index (χ0n) is 11.2. The summed E-state index contributed by atoms with van der Waals surface area (Å²) in [5.41, 5.74) is -0.223. The highest BCUT2D eigenvalue weighted by Gasteiger charge is 2.23. The third-order valence-electron chi connectivity index (χ3n) is 3.10. The molecule has 0 saturated carbocycles. The highest BCUT2D eigenvalue weighted by Crippen LogP contribution is 2.24. The number of benzene rings is 1. The highest BCUT2D eigenvalue weighted by molar-refractivity contribution is 5.40. The van der Waals surface area contributed by atoms with E-state index < -0.39 is 16.6 Å². The first kappa shape index (κ1) is 14.6. The molecule has 1 aromatic heterocycles. The predicted molar refractivity (Wildman–Crippen MR) is 68.5 cm³/mol. The second kappa shape index (κ2) is 5.28. The molecule has 0 aliphatic rings. The van der Waals surface area contributed by atoms with Crippen LogP contribution >= 0.6 is 0 Å². The van der Waals surface area contributed by atoms with Crippen molar-refractivity contribution < 1.29 is 13.7 Å². The molecule has 6 nitrogen and oxygen atoms in total. The van der Waals surface area contributed by atoms with Gasteiger partial charge in [0, 0.05) is 5.56 Å². The Morgan fingerprint density at radius 1 is 1.38 bits per heavy atom. The normalized spacial score (nSPS) is 10.4. The van der Waals surface area contributed by atoms with Gasteiger partial charge in [0.2, 0.25) is 0 Å². The number of hydrogen-bond acceptors (Lipinski definition) is 4. The van der Waals surface area contributed by atoms with E-state index in [0.29, 0.717) is 0 Å².